The molecule has 4 nitrogen and oxygen atoms in total. The normalized spacial score (nSPS) is 14.6. The maximum atomic E-state index is 6.32. The number of methoxy groups -OCH3 is 1. The zero-order valence-electron chi connectivity index (χ0n) is 9.03. The van der Waals surface area contributed by atoms with E-state index in [4.69, 9.17) is 16.3 Å². The van der Waals surface area contributed by atoms with Gasteiger partial charge < -0.3 is 4.74 Å². The van der Waals surface area contributed by atoms with Crippen molar-refractivity contribution >= 4 is 17.2 Å². The molecule has 0 spiro atoms. The predicted molar refractivity (Wildman–Crippen MR) is 60.7 cm³/mol. The molecule has 2 aromatic rings. The lowest BCUT2D eigenvalue weighted by atomic mass is 10.3. The topological polar surface area (TPSA) is 39.4 Å². The van der Waals surface area contributed by atoms with Gasteiger partial charge in [-0.1, -0.05) is 11.6 Å². The van der Waals surface area contributed by atoms with Crippen LogP contribution < -0.4 is 0 Å². The molecule has 84 valence electrons. The molecule has 16 heavy (non-hydrogen) atoms. The minimum Gasteiger partial charge on any atom is -0.378 e. The highest BCUT2D eigenvalue weighted by Crippen LogP contribution is 2.28. The molecule has 0 atom stereocenters. The quantitative estimate of drug-likeness (QED) is 0.751. The fourth-order valence-electron chi connectivity index (χ4n) is 2.20. The average Bonchev–Trinajstić information content (AvgIpc) is 2.85. The monoisotopic (exact) mass is 237 g/mol. The van der Waals surface area contributed by atoms with Gasteiger partial charge in [-0.25, -0.2) is 9.50 Å². The Morgan fingerprint density at radius 1 is 1.50 bits per heavy atom. The fourth-order valence-corrected chi connectivity index (χ4v) is 2.53. The molecule has 0 amide bonds. The Hall–Kier alpha value is -1.13. The van der Waals surface area contributed by atoms with Gasteiger partial charge >= 0.3 is 0 Å². The largest absolute Gasteiger partial charge is 0.378 e. The minimum absolute atomic E-state index is 0.490. The van der Waals surface area contributed by atoms with E-state index in [1.807, 2.05) is 6.07 Å². The molecule has 0 aromatic carbocycles. The molecule has 0 bridgehead atoms. The number of hydrogen-bond donors (Lipinski definition) is 0. The van der Waals surface area contributed by atoms with Crippen LogP contribution in [-0.2, 0) is 24.2 Å². The van der Waals surface area contributed by atoms with E-state index < -0.39 is 0 Å². The Bertz CT molecular complexity index is 550. The number of rotatable bonds is 2. The van der Waals surface area contributed by atoms with Gasteiger partial charge in [-0.05, 0) is 19.3 Å². The number of ether oxygens (including phenoxy) is 1. The molecule has 0 saturated heterocycles. The first kappa shape index (κ1) is 10.1. The van der Waals surface area contributed by atoms with Crippen LogP contribution in [-0.4, -0.2) is 21.7 Å². The molecule has 2 heterocycles. The van der Waals surface area contributed by atoms with Gasteiger partial charge in [-0.15, -0.1) is 0 Å². The van der Waals surface area contributed by atoms with Gasteiger partial charge in [0, 0.05) is 24.4 Å². The summed E-state index contributed by atoms with van der Waals surface area (Å²) in [6.45, 7) is 0.490. The van der Waals surface area contributed by atoms with Crippen molar-refractivity contribution in [2.75, 3.05) is 7.11 Å². The van der Waals surface area contributed by atoms with Gasteiger partial charge in [-0.2, -0.15) is 5.10 Å². The summed E-state index contributed by atoms with van der Waals surface area (Å²) >= 11 is 6.32. The van der Waals surface area contributed by atoms with Gasteiger partial charge in [-0.3, -0.25) is 0 Å². The zero-order valence-corrected chi connectivity index (χ0v) is 9.79. The molecule has 0 saturated carbocycles. The van der Waals surface area contributed by atoms with Crippen LogP contribution >= 0.6 is 11.6 Å². The zero-order chi connectivity index (χ0) is 11.1. The maximum absolute atomic E-state index is 6.32. The first-order valence-corrected chi connectivity index (χ1v) is 5.72. The molecule has 1 aliphatic rings. The van der Waals surface area contributed by atoms with Crippen LogP contribution in [0.2, 0.25) is 5.15 Å². The van der Waals surface area contributed by atoms with Crippen molar-refractivity contribution < 1.29 is 4.74 Å². The highest BCUT2D eigenvalue weighted by molar-refractivity contribution is 6.30. The van der Waals surface area contributed by atoms with Crippen LogP contribution in [0.25, 0.3) is 5.65 Å². The Morgan fingerprint density at radius 2 is 2.38 bits per heavy atom. The summed E-state index contributed by atoms with van der Waals surface area (Å²) in [5, 5.41) is 5.08. The lowest BCUT2D eigenvalue weighted by molar-refractivity contribution is 0.181. The van der Waals surface area contributed by atoms with Gasteiger partial charge in [0.2, 0.25) is 0 Å². The molecule has 3 rings (SSSR count). The number of hydrogen-bond acceptors (Lipinski definition) is 3. The third kappa shape index (κ3) is 1.41. The summed E-state index contributed by atoms with van der Waals surface area (Å²) in [4.78, 5) is 4.58. The van der Waals surface area contributed by atoms with Gasteiger partial charge in [0.05, 0.1) is 12.3 Å². The molecule has 1 aliphatic carbocycles. The third-order valence-electron chi connectivity index (χ3n) is 2.91. The van der Waals surface area contributed by atoms with Crippen LogP contribution in [0.15, 0.2) is 6.07 Å². The second-order valence-corrected chi connectivity index (χ2v) is 4.38. The van der Waals surface area contributed by atoms with E-state index in [9.17, 15) is 0 Å². The Morgan fingerprint density at radius 3 is 3.19 bits per heavy atom. The van der Waals surface area contributed by atoms with E-state index >= 15 is 0 Å². The van der Waals surface area contributed by atoms with Crippen LogP contribution in [0.5, 0.6) is 0 Å². The summed E-state index contributed by atoms with van der Waals surface area (Å²) in [7, 11) is 1.65. The van der Waals surface area contributed by atoms with Crippen molar-refractivity contribution in [1.82, 2.24) is 14.6 Å². The minimum atomic E-state index is 0.490. The van der Waals surface area contributed by atoms with Gasteiger partial charge in [0.25, 0.3) is 0 Å². The van der Waals surface area contributed by atoms with Crippen LogP contribution in [0.1, 0.15) is 23.4 Å². The summed E-state index contributed by atoms with van der Waals surface area (Å²) < 4.78 is 6.76. The van der Waals surface area contributed by atoms with E-state index in [0.717, 1.165) is 41.9 Å². The van der Waals surface area contributed by atoms with Crippen LogP contribution in [0.4, 0.5) is 0 Å². The molecule has 0 N–H and O–H groups in total. The number of nitrogens with zero attached hydrogens (tertiary/aromatic N) is 3. The SMILES string of the molecule is COCc1cc2nc3c(c(Cl)n2n1)CCC3. The average molecular weight is 238 g/mol. The van der Waals surface area contributed by atoms with Crippen molar-refractivity contribution in [1.29, 1.82) is 0 Å². The van der Waals surface area contributed by atoms with E-state index in [1.165, 1.54) is 0 Å². The third-order valence-corrected chi connectivity index (χ3v) is 3.29. The lowest BCUT2D eigenvalue weighted by Gasteiger charge is -2.03. The first-order valence-electron chi connectivity index (χ1n) is 5.34. The summed E-state index contributed by atoms with van der Waals surface area (Å²) in [5.74, 6) is 0. The van der Waals surface area contributed by atoms with Crippen LogP contribution in [0, 0.1) is 0 Å². The molecule has 0 aliphatic heterocycles. The van der Waals surface area contributed by atoms with Crippen molar-refractivity contribution in [2.24, 2.45) is 0 Å². The van der Waals surface area contributed by atoms with E-state index in [1.54, 1.807) is 11.6 Å². The molecule has 0 radical (unpaired) electrons. The second kappa shape index (κ2) is 3.71. The summed E-state index contributed by atoms with van der Waals surface area (Å²) in [5.41, 5.74) is 3.96. The molecular formula is C11H12ClN3O. The number of aromatic nitrogens is 3. The van der Waals surface area contributed by atoms with Crippen molar-refractivity contribution in [3.8, 4) is 0 Å². The van der Waals surface area contributed by atoms with Crippen molar-refractivity contribution in [3.63, 3.8) is 0 Å². The van der Waals surface area contributed by atoms with Crippen molar-refractivity contribution in [3.05, 3.63) is 28.2 Å². The van der Waals surface area contributed by atoms with E-state index in [2.05, 4.69) is 10.1 Å². The van der Waals surface area contributed by atoms with E-state index in [0.29, 0.717) is 11.8 Å². The highest BCUT2D eigenvalue weighted by Gasteiger charge is 2.19. The number of halogens is 1. The molecule has 0 unspecified atom stereocenters. The standard InChI is InChI=1S/C11H12ClN3O/c1-16-6-7-5-10-13-9-4-2-3-8(9)11(12)15(10)14-7/h5H,2-4,6H2,1H3. The van der Waals surface area contributed by atoms with E-state index in [-0.39, 0.29) is 0 Å². The smallest absolute Gasteiger partial charge is 0.157 e. The Balaban J connectivity index is 2.20. The maximum Gasteiger partial charge on any atom is 0.157 e. The van der Waals surface area contributed by atoms with Crippen LogP contribution in [0.3, 0.4) is 0 Å². The summed E-state index contributed by atoms with van der Waals surface area (Å²) in [6, 6.07) is 1.92. The Kier molecular flexibility index (Phi) is 2.33. The number of aryl methyl sites for hydroxylation is 1. The van der Waals surface area contributed by atoms with Crippen molar-refractivity contribution in [2.45, 2.75) is 25.9 Å². The number of fused-ring (bicyclic) bond motifs is 2. The summed E-state index contributed by atoms with van der Waals surface area (Å²) in [6.07, 6.45) is 3.17. The van der Waals surface area contributed by atoms with Gasteiger partial charge in [0.15, 0.2) is 5.65 Å². The first-order chi connectivity index (χ1) is 7.79. The fraction of sp³-hybridized carbons (Fsp3) is 0.455. The molecule has 5 heteroatoms. The predicted octanol–water partition coefficient (Wildman–Crippen LogP) is 2.02. The molecular weight excluding hydrogens is 226 g/mol. The lowest BCUT2D eigenvalue weighted by Crippen LogP contribution is -1.99. The second-order valence-electron chi connectivity index (χ2n) is 4.02. The molecule has 2 aromatic heterocycles. The molecule has 0 fully saturated rings. The van der Waals surface area contributed by atoms with Gasteiger partial charge in [0.1, 0.15) is 5.15 Å². The highest BCUT2D eigenvalue weighted by atomic mass is 35.5. The Labute approximate surface area is 98.2 Å².